The predicted molar refractivity (Wildman–Crippen MR) is 82.9 cm³/mol. The van der Waals surface area contributed by atoms with E-state index in [1.807, 2.05) is 12.1 Å². The van der Waals surface area contributed by atoms with Crippen molar-refractivity contribution in [3.05, 3.63) is 33.8 Å². The van der Waals surface area contributed by atoms with E-state index in [0.29, 0.717) is 16.1 Å². The van der Waals surface area contributed by atoms with Crippen LogP contribution in [0, 0.1) is 0 Å². The van der Waals surface area contributed by atoms with E-state index >= 15 is 0 Å². The molecule has 0 amide bonds. The average Bonchev–Trinajstić information content (AvgIpc) is 2.88. The fraction of sp³-hybridized carbons (Fsp3) is 0.571. The monoisotopic (exact) mass is 349 g/mol. The zero-order valence-electron chi connectivity index (χ0n) is 10.3. The van der Waals surface area contributed by atoms with E-state index < -0.39 is 0 Å². The SMILES string of the molecule is Clc1cccc(CN(CCBr)C2CCCC2)c1Cl. The van der Waals surface area contributed by atoms with E-state index in [1.165, 1.54) is 25.7 Å². The summed E-state index contributed by atoms with van der Waals surface area (Å²) in [6.07, 6.45) is 5.33. The van der Waals surface area contributed by atoms with Crippen molar-refractivity contribution >= 4 is 39.1 Å². The summed E-state index contributed by atoms with van der Waals surface area (Å²) in [5.74, 6) is 0. The molecule has 1 nitrogen and oxygen atoms in total. The van der Waals surface area contributed by atoms with Crippen LogP contribution in [0.2, 0.25) is 10.0 Å². The van der Waals surface area contributed by atoms with Crippen molar-refractivity contribution in [2.45, 2.75) is 38.3 Å². The number of rotatable bonds is 5. The normalized spacial score (nSPS) is 16.7. The molecule has 0 bridgehead atoms. The first-order valence-corrected chi connectivity index (χ1v) is 8.33. The lowest BCUT2D eigenvalue weighted by atomic mass is 10.1. The molecular weight excluding hydrogens is 333 g/mol. The molecule has 1 aliphatic carbocycles. The Balaban J connectivity index is 2.10. The molecule has 2 rings (SSSR count). The summed E-state index contributed by atoms with van der Waals surface area (Å²) in [5, 5.41) is 2.36. The second-order valence-corrected chi connectivity index (χ2v) is 6.39. The highest BCUT2D eigenvalue weighted by molar-refractivity contribution is 9.09. The summed E-state index contributed by atoms with van der Waals surface area (Å²) in [6.45, 7) is 1.96. The van der Waals surface area contributed by atoms with Gasteiger partial charge in [0.25, 0.3) is 0 Å². The molecule has 0 saturated heterocycles. The molecule has 1 fully saturated rings. The van der Waals surface area contributed by atoms with Gasteiger partial charge in [0.2, 0.25) is 0 Å². The van der Waals surface area contributed by atoms with Gasteiger partial charge in [0.1, 0.15) is 0 Å². The minimum Gasteiger partial charge on any atom is -0.295 e. The van der Waals surface area contributed by atoms with E-state index in [0.717, 1.165) is 24.0 Å². The summed E-state index contributed by atoms with van der Waals surface area (Å²) in [4.78, 5) is 2.53. The van der Waals surface area contributed by atoms with Crippen LogP contribution in [0.15, 0.2) is 18.2 Å². The van der Waals surface area contributed by atoms with Crippen LogP contribution in [0.25, 0.3) is 0 Å². The first kappa shape index (κ1) is 14.6. The van der Waals surface area contributed by atoms with Crippen LogP contribution in [0.4, 0.5) is 0 Å². The third kappa shape index (κ3) is 3.63. The summed E-state index contributed by atoms with van der Waals surface area (Å²) < 4.78 is 0. The Morgan fingerprint density at radius 2 is 1.94 bits per heavy atom. The van der Waals surface area contributed by atoms with Gasteiger partial charge < -0.3 is 0 Å². The maximum Gasteiger partial charge on any atom is 0.0637 e. The van der Waals surface area contributed by atoms with Gasteiger partial charge in [-0.05, 0) is 24.5 Å². The molecule has 0 N–H and O–H groups in total. The molecule has 1 aliphatic rings. The molecule has 18 heavy (non-hydrogen) atoms. The number of alkyl halides is 1. The largest absolute Gasteiger partial charge is 0.295 e. The molecule has 0 heterocycles. The zero-order valence-corrected chi connectivity index (χ0v) is 13.4. The summed E-state index contributed by atoms with van der Waals surface area (Å²) in [5.41, 5.74) is 1.14. The lowest BCUT2D eigenvalue weighted by molar-refractivity contribution is 0.202. The second kappa shape index (κ2) is 7.14. The topological polar surface area (TPSA) is 3.24 Å². The molecule has 1 saturated carbocycles. The van der Waals surface area contributed by atoms with Crippen LogP contribution in [-0.4, -0.2) is 22.8 Å². The maximum atomic E-state index is 6.27. The lowest BCUT2D eigenvalue weighted by Crippen LogP contribution is -2.34. The van der Waals surface area contributed by atoms with Crippen molar-refractivity contribution in [2.24, 2.45) is 0 Å². The third-order valence-electron chi connectivity index (χ3n) is 3.62. The quantitative estimate of drug-likeness (QED) is 0.665. The molecular formula is C14H18BrCl2N. The van der Waals surface area contributed by atoms with Crippen LogP contribution in [0.3, 0.4) is 0 Å². The molecule has 100 valence electrons. The van der Waals surface area contributed by atoms with Gasteiger partial charge in [-0.3, -0.25) is 4.90 Å². The van der Waals surface area contributed by atoms with Crippen LogP contribution in [0.1, 0.15) is 31.2 Å². The molecule has 0 spiro atoms. The van der Waals surface area contributed by atoms with E-state index in [9.17, 15) is 0 Å². The Kier molecular flexibility index (Phi) is 5.81. The van der Waals surface area contributed by atoms with Gasteiger partial charge in [-0.25, -0.2) is 0 Å². The van der Waals surface area contributed by atoms with E-state index in [2.05, 4.69) is 26.9 Å². The van der Waals surface area contributed by atoms with Gasteiger partial charge >= 0.3 is 0 Å². The number of halogens is 3. The van der Waals surface area contributed by atoms with Gasteiger partial charge in [-0.2, -0.15) is 0 Å². The molecule has 1 aromatic carbocycles. The van der Waals surface area contributed by atoms with Gasteiger partial charge in [0.15, 0.2) is 0 Å². The van der Waals surface area contributed by atoms with Crippen LogP contribution in [-0.2, 0) is 6.54 Å². The highest BCUT2D eigenvalue weighted by Gasteiger charge is 2.22. The summed E-state index contributed by atoms with van der Waals surface area (Å²) in [7, 11) is 0. The fourth-order valence-electron chi connectivity index (χ4n) is 2.66. The summed E-state index contributed by atoms with van der Waals surface area (Å²) in [6, 6.07) is 6.60. The predicted octanol–water partition coefficient (Wildman–Crippen LogP) is 5.13. The van der Waals surface area contributed by atoms with Crippen LogP contribution < -0.4 is 0 Å². The number of hydrogen-bond donors (Lipinski definition) is 0. The van der Waals surface area contributed by atoms with Gasteiger partial charge in [0, 0.05) is 24.5 Å². The van der Waals surface area contributed by atoms with Crippen molar-refractivity contribution < 1.29 is 0 Å². The minimum absolute atomic E-state index is 0.652. The molecule has 0 unspecified atom stereocenters. The van der Waals surface area contributed by atoms with Crippen LogP contribution >= 0.6 is 39.1 Å². The smallest absolute Gasteiger partial charge is 0.0637 e. The molecule has 0 aliphatic heterocycles. The molecule has 1 aromatic rings. The second-order valence-electron chi connectivity index (χ2n) is 4.81. The standard InChI is InChI=1S/C14H18BrCl2N/c15-8-9-18(12-5-1-2-6-12)10-11-4-3-7-13(16)14(11)17/h3-4,7,12H,1-2,5-6,8-10H2. The Morgan fingerprint density at radius 1 is 1.22 bits per heavy atom. The van der Waals surface area contributed by atoms with Crippen molar-refractivity contribution in [3.63, 3.8) is 0 Å². The Bertz CT molecular complexity index is 391. The Labute approximate surface area is 128 Å². The van der Waals surface area contributed by atoms with Crippen molar-refractivity contribution in [1.82, 2.24) is 4.90 Å². The van der Waals surface area contributed by atoms with Crippen LogP contribution in [0.5, 0.6) is 0 Å². The highest BCUT2D eigenvalue weighted by Crippen LogP contribution is 2.29. The fourth-order valence-corrected chi connectivity index (χ4v) is 3.49. The number of nitrogens with zero attached hydrogens (tertiary/aromatic N) is 1. The van der Waals surface area contributed by atoms with E-state index in [1.54, 1.807) is 0 Å². The first-order valence-electron chi connectivity index (χ1n) is 6.45. The van der Waals surface area contributed by atoms with Crippen molar-refractivity contribution in [3.8, 4) is 0 Å². The third-order valence-corrected chi connectivity index (χ3v) is 4.83. The zero-order chi connectivity index (χ0) is 13.0. The highest BCUT2D eigenvalue weighted by atomic mass is 79.9. The van der Waals surface area contributed by atoms with E-state index in [-0.39, 0.29) is 0 Å². The Hall–Kier alpha value is 0.240. The van der Waals surface area contributed by atoms with Gasteiger partial charge in [0.05, 0.1) is 10.0 Å². The summed E-state index contributed by atoms with van der Waals surface area (Å²) >= 11 is 15.9. The number of benzene rings is 1. The molecule has 0 radical (unpaired) electrons. The first-order chi connectivity index (χ1) is 8.72. The lowest BCUT2D eigenvalue weighted by Gasteiger charge is -2.28. The van der Waals surface area contributed by atoms with Gasteiger partial charge in [-0.15, -0.1) is 0 Å². The average molecular weight is 351 g/mol. The maximum absolute atomic E-state index is 6.27. The molecule has 4 heteroatoms. The van der Waals surface area contributed by atoms with Gasteiger partial charge in [-0.1, -0.05) is 64.1 Å². The molecule has 0 atom stereocenters. The van der Waals surface area contributed by atoms with E-state index in [4.69, 9.17) is 23.2 Å². The minimum atomic E-state index is 0.652. The number of hydrogen-bond acceptors (Lipinski definition) is 1. The molecule has 0 aromatic heterocycles. The Morgan fingerprint density at radius 3 is 2.61 bits per heavy atom. The van der Waals surface area contributed by atoms with Crippen molar-refractivity contribution in [1.29, 1.82) is 0 Å². The van der Waals surface area contributed by atoms with Crippen molar-refractivity contribution in [2.75, 3.05) is 11.9 Å².